The van der Waals surface area contributed by atoms with Gasteiger partial charge in [-0.15, -0.1) is 0 Å². The second-order valence-corrected chi connectivity index (χ2v) is 9.58. The van der Waals surface area contributed by atoms with Crippen molar-refractivity contribution in [1.29, 1.82) is 5.26 Å². The number of ether oxygens (including phenoxy) is 2. The molecule has 3 aromatic rings. The molecule has 8 nitrogen and oxygen atoms in total. The Morgan fingerprint density at radius 3 is 2.50 bits per heavy atom. The van der Waals surface area contributed by atoms with Crippen molar-refractivity contribution in [3.8, 4) is 17.6 Å². The Hall–Kier alpha value is -4.68. The quantitative estimate of drug-likeness (QED) is 0.432. The van der Waals surface area contributed by atoms with Crippen molar-refractivity contribution in [2.75, 3.05) is 12.4 Å². The van der Waals surface area contributed by atoms with Gasteiger partial charge in [-0.3, -0.25) is 9.69 Å². The summed E-state index contributed by atoms with van der Waals surface area (Å²) in [7, 11) is 1.57. The second-order valence-electron chi connectivity index (χ2n) is 8.60. The first-order chi connectivity index (χ1) is 18.5. The van der Waals surface area contributed by atoms with Gasteiger partial charge in [-0.2, -0.15) is 5.26 Å². The van der Waals surface area contributed by atoms with Crippen molar-refractivity contribution in [2.45, 2.75) is 19.6 Å². The third kappa shape index (κ3) is 4.82. The molecule has 0 aromatic heterocycles. The van der Waals surface area contributed by atoms with Crippen LogP contribution in [-0.2, 0) is 11.4 Å². The van der Waals surface area contributed by atoms with Crippen LogP contribution in [0.1, 0.15) is 24.1 Å². The Labute approximate surface area is 225 Å². The Morgan fingerprint density at radius 1 is 1.11 bits per heavy atom. The summed E-state index contributed by atoms with van der Waals surface area (Å²) in [4.78, 5) is 20.3. The van der Waals surface area contributed by atoms with Crippen LogP contribution in [-0.4, -0.2) is 23.1 Å². The highest BCUT2D eigenvalue weighted by atomic mass is 32.2. The van der Waals surface area contributed by atoms with Crippen molar-refractivity contribution < 1.29 is 14.3 Å². The molecule has 3 N–H and O–H groups in total. The van der Waals surface area contributed by atoms with Crippen LogP contribution in [0.5, 0.6) is 11.5 Å². The number of methoxy groups -OCH3 is 1. The Morgan fingerprint density at radius 2 is 1.82 bits per heavy atom. The zero-order valence-corrected chi connectivity index (χ0v) is 21.7. The molecule has 0 saturated heterocycles. The van der Waals surface area contributed by atoms with Gasteiger partial charge in [0.2, 0.25) is 0 Å². The molecule has 9 heteroatoms. The number of nitrogens with one attached hydrogen (secondary N) is 1. The summed E-state index contributed by atoms with van der Waals surface area (Å²) in [6.07, 6.45) is 0. The molecule has 2 aliphatic heterocycles. The summed E-state index contributed by atoms with van der Waals surface area (Å²) in [6.45, 7) is 2.16. The number of carbonyl (C=O) groups excluding carboxylic acids is 1. The predicted molar refractivity (Wildman–Crippen MR) is 148 cm³/mol. The fourth-order valence-corrected chi connectivity index (χ4v) is 5.29. The average molecular weight is 524 g/mol. The maximum absolute atomic E-state index is 13.6. The number of hydrogen-bond donors (Lipinski definition) is 2. The topological polar surface area (TPSA) is 113 Å². The van der Waals surface area contributed by atoms with Gasteiger partial charge in [0, 0.05) is 5.69 Å². The summed E-state index contributed by atoms with van der Waals surface area (Å²) >= 11 is 1.19. The minimum atomic E-state index is -0.637. The van der Waals surface area contributed by atoms with Crippen molar-refractivity contribution in [1.82, 2.24) is 4.90 Å². The van der Waals surface area contributed by atoms with Gasteiger partial charge in [0.25, 0.3) is 5.91 Å². The number of hydrogen-bond acceptors (Lipinski definition) is 8. The molecule has 0 saturated carbocycles. The molecule has 190 valence electrons. The number of anilines is 1. The molecule has 0 fully saturated rings. The Bertz CT molecular complexity index is 1510. The van der Waals surface area contributed by atoms with Crippen molar-refractivity contribution in [3.05, 3.63) is 112 Å². The summed E-state index contributed by atoms with van der Waals surface area (Å²) in [5.41, 5.74) is 9.80. The van der Waals surface area contributed by atoms with E-state index in [0.29, 0.717) is 45.1 Å². The van der Waals surface area contributed by atoms with E-state index in [-0.39, 0.29) is 11.7 Å². The van der Waals surface area contributed by atoms with E-state index in [9.17, 15) is 10.1 Å². The molecule has 3 aromatic carbocycles. The predicted octanol–water partition coefficient (Wildman–Crippen LogP) is 5.30. The number of nitriles is 1. The number of thioether (sulfide) groups is 1. The normalized spacial score (nSPS) is 16.5. The number of aliphatic imine (C=N–C) groups is 1. The number of carbonyl (C=O) groups is 1. The van der Waals surface area contributed by atoms with Crippen LogP contribution in [0.3, 0.4) is 0 Å². The number of allylic oxidation sites excluding steroid dienone is 2. The van der Waals surface area contributed by atoms with Crippen molar-refractivity contribution in [3.63, 3.8) is 0 Å². The van der Waals surface area contributed by atoms with Gasteiger partial charge in [-0.25, -0.2) is 4.99 Å². The van der Waals surface area contributed by atoms with Gasteiger partial charge in [-0.05, 0) is 54.1 Å². The monoisotopic (exact) mass is 523 g/mol. The molecule has 0 spiro atoms. The van der Waals surface area contributed by atoms with E-state index in [0.717, 1.165) is 11.1 Å². The van der Waals surface area contributed by atoms with E-state index in [1.807, 2.05) is 78.9 Å². The third-order valence-corrected chi connectivity index (χ3v) is 7.17. The molecular weight excluding hydrogens is 498 g/mol. The average Bonchev–Trinajstić information content (AvgIpc) is 3.26. The lowest BCUT2D eigenvalue weighted by molar-refractivity contribution is -0.113. The van der Waals surface area contributed by atoms with Gasteiger partial charge >= 0.3 is 0 Å². The van der Waals surface area contributed by atoms with Crippen molar-refractivity contribution in [2.24, 2.45) is 10.7 Å². The number of para-hydroxylation sites is 1. The summed E-state index contributed by atoms with van der Waals surface area (Å²) in [5, 5.41) is 13.1. The third-order valence-electron chi connectivity index (χ3n) is 6.19. The molecule has 0 radical (unpaired) electrons. The van der Waals surface area contributed by atoms with E-state index in [4.69, 9.17) is 15.2 Å². The number of amidine groups is 1. The van der Waals surface area contributed by atoms with Crippen LogP contribution in [0.2, 0.25) is 0 Å². The molecule has 38 heavy (non-hydrogen) atoms. The lowest BCUT2D eigenvalue weighted by Crippen LogP contribution is -2.39. The Kier molecular flexibility index (Phi) is 7.07. The van der Waals surface area contributed by atoms with Crippen LogP contribution in [0.4, 0.5) is 5.69 Å². The lowest BCUT2D eigenvalue weighted by Gasteiger charge is -2.35. The largest absolute Gasteiger partial charge is 0.493 e. The minimum Gasteiger partial charge on any atom is -0.493 e. The number of nitrogens with zero attached hydrogens (tertiary/aromatic N) is 3. The zero-order chi connectivity index (χ0) is 26.6. The Balaban J connectivity index is 1.54. The standard InChI is InChI=1S/C29H25N5O3S/c1-18-25(28(35)33-21-11-7-4-8-12-21)26(34-27(31)24(16-30)38-29(34)32-18)20-13-14-22(23(15-20)36-2)37-17-19-9-5-3-6-10-19/h3-15,26H,17,31H2,1-2H3,(H,33,35)/t26-/m1/s1. The van der Waals surface area contributed by atoms with Gasteiger partial charge in [0.1, 0.15) is 23.4 Å². The molecule has 0 unspecified atom stereocenters. The number of fused-ring (bicyclic) bond motifs is 1. The molecule has 2 heterocycles. The van der Waals surface area contributed by atoms with E-state index in [1.54, 1.807) is 18.9 Å². The molecule has 1 atom stereocenters. The smallest absolute Gasteiger partial charge is 0.255 e. The first-order valence-corrected chi connectivity index (χ1v) is 12.7. The minimum absolute atomic E-state index is 0.252. The SMILES string of the molecule is COc1cc([C@@H]2C(C(=O)Nc3ccccc3)=C(C)N=C3SC(C#N)=C(N)N32)ccc1OCc1ccccc1. The fourth-order valence-electron chi connectivity index (χ4n) is 4.38. The summed E-state index contributed by atoms with van der Waals surface area (Å²) < 4.78 is 11.7. The second kappa shape index (κ2) is 10.7. The van der Waals surface area contributed by atoms with E-state index >= 15 is 0 Å². The van der Waals surface area contributed by atoms with Gasteiger partial charge in [0.05, 0.1) is 24.4 Å². The maximum atomic E-state index is 13.6. The van der Waals surface area contributed by atoms with Gasteiger partial charge in [0.15, 0.2) is 16.7 Å². The zero-order valence-electron chi connectivity index (χ0n) is 20.8. The van der Waals surface area contributed by atoms with E-state index < -0.39 is 6.04 Å². The van der Waals surface area contributed by atoms with E-state index in [2.05, 4.69) is 16.4 Å². The number of nitrogens with two attached hydrogens (primary N) is 1. The number of amides is 1. The summed E-state index contributed by atoms with van der Waals surface area (Å²) in [5.74, 6) is 1.02. The van der Waals surface area contributed by atoms with E-state index in [1.165, 1.54) is 11.8 Å². The van der Waals surface area contributed by atoms with Crippen LogP contribution < -0.4 is 20.5 Å². The molecule has 0 aliphatic carbocycles. The van der Waals surface area contributed by atoms with Gasteiger partial charge < -0.3 is 20.5 Å². The van der Waals surface area contributed by atoms with Crippen LogP contribution in [0, 0.1) is 11.3 Å². The number of rotatable bonds is 7. The molecule has 1 amide bonds. The highest BCUT2D eigenvalue weighted by Crippen LogP contribution is 2.46. The van der Waals surface area contributed by atoms with Crippen LogP contribution in [0.25, 0.3) is 0 Å². The lowest BCUT2D eigenvalue weighted by atomic mass is 9.93. The molecule has 2 aliphatic rings. The fraction of sp³-hybridized carbons (Fsp3) is 0.138. The molecule has 5 rings (SSSR count). The van der Waals surface area contributed by atoms with Gasteiger partial charge in [-0.1, -0.05) is 54.6 Å². The maximum Gasteiger partial charge on any atom is 0.255 e. The van der Waals surface area contributed by atoms with Crippen LogP contribution in [0.15, 0.2) is 106 Å². The first kappa shape index (κ1) is 25.0. The van der Waals surface area contributed by atoms with Crippen molar-refractivity contribution >= 4 is 28.5 Å². The highest BCUT2D eigenvalue weighted by molar-refractivity contribution is 8.17. The molecule has 0 bridgehead atoms. The summed E-state index contributed by atoms with van der Waals surface area (Å²) in [6, 6.07) is 26.1. The highest BCUT2D eigenvalue weighted by Gasteiger charge is 2.42. The number of benzene rings is 3. The first-order valence-electron chi connectivity index (χ1n) is 11.9. The molecular formula is C29H25N5O3S. The van der Waals surface area contributed by atoms with Crippen LogP contribution >= 0.6 is 11.8 Å².